The molecule has 0 saturated carbocycles. The third-order valence-electron chi connectivity index (χ3n) is 5.88. The number of methoxy groups -OCH3 is 4. The zero-order valence-corrected chi connectivity index (χ0v) is 24.5. The maximum atomic E-state index is 14.0. The van der Waals surface area contributed by atoms with E-state index in [1.54, 1.807) is 24.3 Å². The van der Waals surface area contributed by atoms with Crippen LogP contribution in [-0.4, -0.2) is 71.0 Å². The molecule has 0 aliphatic carbocycles. The summed E-state index contributed by atoms with van der Waals surface area (Å²) in [6.07, 6.45) is 1.05. The number of hydrogen-bond donors (Lipinski definition) is 1. The van der Waals surface area contributed by atoms with E-state index in [2.05, 4.69) is 5.32 Å². The van der Waals surface area contributed by atoms with Crippen molar-refractivity contribution in [1.82, 2.24) is 0 Å². The third-order valence-corrected chi connectivity index (χ3v) is 8.84. The number of carbonyl (C=O) groups excluding carboxylic acids is 1. The van der Waals surface area contributed by atoms with Crippen LogP contribution in [0.1, 0.15) is 0 Å². The summed E-state index contributed by atoms with van der Waals surface area (Å²) in [4.78, 5) is 13.1. The van der Waals surface area contributed by atoms with E-state index in [9.17, 15) is 21.6 Å². The zero-order chi connectivity index (χ0) is 29.7. The molecule has 0 heterocycles. The predicted octanol–water partition coefficient (Wildman–Crippen LogP) is 2.95. The summed E-state index contributed by atoms with van der Waals surface area (Å²) in [5.41, 5.74) is 0.626. The van der Waals surface area contributed by atoms with Gasteiger partial charge < -0.3 is 24.3 Å². The number of sulfonamides is 2. The number of benzene rings is 3. The lowest BCUT2D eigenvalue weighted by molar-refractivity contribution is -0.114. The van der Waals surface area contributed by atoms with Crippen LogP contribution >= 0.6 is 0 Å². The summed E-state index contributed by atoms with van der Waals surface area (Å²) in [7, 11) is -0.957. The van der Waals surface area contributed by atoms with E-state index in [0.29, 0.717) is 17.2 Å². The fourth-order valence-corrected chi connectivity index (χ4v) is 5.63. The third kappa shape index (κ3) is 6.69. The Morgan fingerprint density at radius 2 is 1.45 bits per heavy atom. The Balaban J connectivity index is 2.06. The highest BCUT2D eigenvalue weighted by molar-refractivity contribution is 7.93. The highest BCUT2D eigenvalue weighted by Gasteiger charge is 2.31. The van der Waals surface area contributed by atoms with Crippen molar-refractivity contribution >= 4 is 43.0 Å². The van der Waals surface area contributed by atoms with Crippen LogP contribution < -0.4 is 32.9 Å². The lowest BCUT2D eigenvalue weighted by Gasteiger charge is -2.26. The van der Waals surface area contributed by atoms with Crippen molar-refractivity contribution in [1.29, 1.82) is 0 Å². The molecular weight excluding hydrogens is 562 g/mol. The molecule has 1 amide bonds. The molecule has 0 aromatic heterocycles. The maximum absolute atomic E-state index is 14.0. The van der Waals surface area contributed by atoms with Crippen LogP contribution in [0.2, 0.25) is 0 Å². The number of nitrogens with zero attached hydrogens (tertiary/aromatic N) is 2. The van der Waals surface area contributed by atoms with Gasteiger partial charge in [-0.2, -0.15) is 0 Å². The first-order valence-corrected chi connectivity index (χ1v) is 14.9. The first-order valence-electron chi connectivity index (χ1n) is 11.7. The first kappa shape index (κ1) is 30.4. The van der Waals surface area contributed by atoms with Gasteiger partial charge in [-0.1, -0.05) is 6.07 Å². The minimum absolute atomic E-state index is 0.0531. The van der Waals surface area contributed by atoms with Gasteiger partial charge in [-0.05, 0) is 42.5 Å². The van der Waals surface area contributed by atoms with Gasteiger partial charge in [-0.3, -0.25) is 13.4 Å². The Hall–Kier alpha value is -4.17. The number of carbonyl (C=O) groups is 1. The first-order chi connectivity index (χ1) is 18.8. The van der Waals surface area contributed by atoms with Gasteiger partial charge in [0.2, 0.25) is 15.9 Å². The van der Waals surface area contributed by atoms with Gasteiger partial charge in [0.1, 0.15) is 18.0 Å². The van der Waals surface area contributed by atoms with Crippen molar-refractivity contribution in [3.63, 3.8) is 0 Å². The van der Waals surface area contributed by atoms with Crippen LogP contribution in [-0.2, 0) is 24.8 Å². The fraction of sp³-hybridized carbons (Fsp3) is 0.269. The van der Waals surface area contributed by atoms with Crippen molar-refractivity contribution in [2.75, 3.05) is 62.2 Å². The molecule has 0 aliphatic heterocycles. The minimum Gasteiger partial charge on any atom is -0.497 e. The molecule has 0 saturated heterocycles. The van der Waals surface area contributed by atoms with E-state index in [1.165, 1.54) is 71.9 Å². The van der Waals surface area contributed by atoms with Gasteiger partial charge in [0.15, 0.2) is 11.5 Å². The lowest BCUT2D eigenvalue weighted by atomic mass is 10.2. The molecule has 0 bridgehead atoms. The quantitative estimate of drug-likeness (QED) is 0.336. The Labute approximate surface area is 234 Å². The number of anilines is 3. The van der Waals surface area contributed by atoms with E-state index < -0.39 is 32.5 Å². The SMILES string of the molecule is COc1ccc(OC)c(N(CC(=O)Nc2cccc(N(C)S(C)(=O)=O)c2)S(=O)(=O)c2ccc(OC)c(OC)c2)c1. The highest BCUT2D eigenvalue weighted by atomic mass is 32.2. The molecule has 0 unspecified atom stereocenters. The summed E-state index contributed by atoms with van der Waals surface area (Å²) in [6, 6.07) is 14.7. The van der Waals surface area contributed by atoms with Crippen molar-refractivity contribution in [2.45, 2.75) is 4.90 Å². The normalized spacial score (nSPS) is 11.3. The second kappa shape index (κ2) is 12.3. The molecule has 1 N–H and O–H groups in total. The number of hydrogen-bond acceptors (Lipinski definition) is 9. The molecule has 12 nitrogen and oxygen atoms in total. The van der Waals surface area contributed by atoms with E-state index in [1.807, 2.05) is 0 Å². The van der Waals surface area contributed by atoms with Crippen molar-refractivity contribution in [3.8, 4) is 23.0 Å². The standard InChI is InChI=1S/C26H31N3O9S2/c1-28(39(6,31)32)19-9-7-8-18(14-19)27-26(30)17-29(22-15-20(35-2)10-12-23(22)36-3)40(33,34)21-11-13-24(37-4)25(16-21)38-5/h7-16H,17H2,1-6H3,(H,27,30). The van der Waals surface area contributed by atoms with Crippen LogP contribution in [0.25, 0.3) is 0 Å². The molecule has 0 aliphatic rings. The van der Waals surface area contributed by atoms with Gasteiger partial charge in [-0.15, -0.1) is 0 Å². The van der Waals surface area contributed by atoms with Gasteiger partial charge in [-0.25, -0.2) is 16.8 Å². The summed E-state index contributed by atoms with van der Waals surface area (Å²) < 4.78 is 75.0. The molecule has 216 valence electrons. The average Bonchev–Trinajstić information content (AvgIpc) is 2.94. The Morgan fingerprint density at radius 1 is 0.800 bits per heavy atom. The highest BCUT2D eigenvalue weighted by Crippen LogP contribution is 2.37. The predicted molar refractivity (Wildman–Crippen MR) is 152 cm³/mol. The van der Waals surface area contributed by atoms with Crippen molar-refractivity contribution in [3.05, 3.63) is 60.7 Å². The summed E-state index contributed by atoms with van der Waals surface area (Å²) in [6.45, 7) is -0.660. The van der Waals surface area contributed by atoms with Crippen molar-refractivity contribution in [2.24, 2.45) is 0 Å². The smallest absolute Gasteiger partial charge is 0.265 e. The lowest BCUT2D eigenvalue weighted by Crippen LogP contribution is -2.38. The molecule has 0 spiro atoms. The Kier molecular flexibility index (Phi) is 9.37. The summed E-state index contributed by atoms with van der Waals surface area (Å²) >= 11 is 0. The largest absolute Gasteiger partial charge is 0.497 e. The second-order valence-corrected chi connectivity index (χ2v) is 12.3. The molecule has 14 heteroatoms. The molecule has 3 aromatic carbocycles. The molecule has 0 atom stereocenters. The number of ether oxygens (including phenoxy) is 4. The summed E-state index contributed by atoms with van der Waals surface area (Å²) in [5.74, 6) is 0.309. The van der Waals surface area contributed by atoms with Gasteiger partial charge in [0, 0.05) is 24.9 Å². The van der Waals surface area contributed by atoms with E-state index in [4.69, 9.17) is 18.9 Å². The zero-order valence-electron chi connectivity index (χ0n) is 22.9. The molecule has 3 aromatic rings. The van der Waals surface area contributed by atoms with Gasteiger partial charge in [0.05, 0.1) is 51.0 Å². The number of nitrogens with one attached hydrogen (secondary N) is 1. The fourth-order valence-electron chi connectivity index (χ4n) is 3.70. The summed E-state index contributed by atoms with van der Waals surface area (Å²) in [5, 5.41) is 2.64. The number of amides is 1. The van der Waals surface area contributed by atoms with Crippen LogP contribution in [0, 0.1) is 0 Å². The molecule has 3 rings (SSSR count). The Bertz CT molecular complexity index is 1590. The number of rotatable bonds is 12. The minimum atomic E-state index is -4.38. The van der Waals surface area contributed by atoms with Gasteiger partial charge >= 0.3 is 0 Å². The molecule has 40 heavy (non-hydrogen) atoms. The second-order valence-electron chi connectivity index (χ2n) is 8.40. The van der Waals surface area contributed by atoms with Gasteiger partial charge in [0.25, 0.3) is 10.0 Å². The Morgan fingerprint density at radius 3 is 2.05 bits per heavy atom. The molecule has 0 fully saturated rings. The van der Waals surface area contributed by atoms with Crippen LogP contribution in [0.5, 0.6) is 23.0 Å². The van der Waals surface area contributed by atoms with E-state index >= 15 is 0 Å². The maximum Gasteiger partial charge on any atom is 0.265 e. The van der Waals surface area contributed by atoms with Crippen LogP contribution in [0.15, 0.2) is 65.6 Å². The van der Waals surface area contributed by atoms with E-state index in [0.717, 1.165) is 14.9 Å². The van der Waals surface area contributed by atoms with E-state index in [-0.39, 0.29) is 27.8 Å². The van der Waals surface area contributed by atoms with Crippen LogP contribution in [0.3, 0.4) is 0 Å². The van der Waals surface area contributed by atoms with Crippen molar-refractivity contribution < 1.29 is 40.6 Å². The average molecular weight is 594 g/mol. The molecular formula is C26H31N3O9S2. The molecule has 0 radical (unpaired) electrons. The van der Waals surface area contributed by atoms with Crippen LogP contribution in [0.4, 0.5) is 17.1 Å². The monoisotopic (exact) mass is 593 g/mol. The topological polar surface area (TPSA) is 141 Å².